The Bertz CT molecular complexity index is 1140. The highest BCUT2D eigenvalue weighted by Crippen LogP contribution is 2.45. The zero-order valence-electron chi connectivity index (χ0n) is 18.6. The van der Waals surface area contributed by atoms with Crippen molar-refractivity contribution in [1.82, 2.24) is 15.2 Å². The van der Waals surface area contributed by atoms with E-state index in [4.69, 9.17) is 9.15 Å². The minimum absolute atomic E-state index is 0.164. The lowest BCUT2D eigenvalue weighted by Crippen LogP contribution is -2.36. The smallest absolute Gasteiger partial charge is 0.247 e. The maximum absolute atomic E-state index is 12.9. The summed E-state index contributed by atoms with van der Waals surface area (Å²) in [5, 5.41) is 9.36. The maximum Gasteiger partial charge on any atom is 0.247 e. The molecule has 0 N–H and O–H groups in total. The van der Waals surface area contributed by atoms with Gasteiger partial charge in [-0.05, 0) is 50.5 Å². The van der Waals surface area contributed by atoms with Crippen molar-refractivity contribution < 1.29 is 13.9 Å². The van der Waals surface area contributed by atoms with Crippen molar-refractivity contribution in [2.75, 3.05) is 10.7 Å². The summed E-state index contributed by atoms with van der Waals surface area (Å²) in [6.07, 6.45) is -0.799. The lowest BCUT2D eigenvalue weighted by molar-refractivity contribution is -0.118. The van der Waals surface area contributed by atoms with Crippen LogP contribution in [0.3, 0.4) is 0 Å². The van der Waals surface area contributed by atoms with Crippen LogP contribution in [0, 0.1) is 26.7 Å². The number of furan rings is 1. The normalized spacial score (nSPS) is 15.3. The van der Waals surface area contributed by atoms with Gasteiger partial charge in [-0.3, -0.25) is 9.69 Å². The molecule has 0 radical (unpaired) electrons. The molecule has 1 aromatic carbocycles. The number of carbonyl (C=O) groups excluding carboxylic acids is 1. The number of ether oxygens (including phenoxy) is 1. The van der Waals surface area contributed by atoms with Crippen LogP contribution in [0.5, 0.6) is 5.88 Å². The van der Waals surface area contributed by atoms with Gasteiger partial charge in [0, 0.05) is 18.2 Å². The fourth-order valence-electron chi connectivity index (χ4n) is 3.68. The number of hydrogen-bond donors (Lipinski definition) is 0. The highest BCUT2D eigenvalue weighted by molar-refractivity contribution is 7.99. The van der Waals surface area contributed by atoms with E-state index in [1.807, 2.05) is 45.0 Å². The topological polar surface area (TPSA) is 81.4 Å². The van der Waals surface area contributed by atoms with E-state index in [2.05, 4.69) is 29.0 Å². The van der Waals surface area contributed by atoms with Crippen molar-refractivity contribution in [2.45, 2.75) is 52.9 Å². The Kier molecular flexibility index (Phi) is 5.75. The molecule has 31 heavy (non-hydrogen) atoms. The Hall–Kier alpha value is -2.87. The first-order valence-electron chi connectivity index (χ1n) is 10.3. The molecule has 0 unspecified atom stereocenters. The summed E-state index contributed by atoms with van der Waals surface area (Å²) in [4.78, 5) is 19.2. The highest BCUT2D eigenvalue weighted by atomic mass is 32.2. The second kappa shape index (κ2) is 8.34. The number of hydrogen-bond acceptors (Lipinski definition) is 7. The van der Waals surface area contributed by atoms with E-state index in [0.29, 0.717) is 28.4 Å². The van der Waals surface area contributed by atoms with Crippen LogP contribution in [0.2, 0.25) is 0 Å². The van der Waals surface area contributed by atoms with E-state index in [-0.39, 0.29) is 5.91 Å². The molecule has 3 aromatic rings. The number of aryl methyl sites for hydroxylation is 3. The van der Waals surface area contributed by atoms with E-state index < -0.39 is 6.23 Å². The zero-order chi connectivity index (χ0) is 22.3. The van der Waals surface area contributed by atoms with Crippen LogP contribution in [0.25, 0.3) is 11.3 Å². The number of thioether (sulfide) groups is 1. The summed E-state index contributed by atoms with van der Waals surface area (Å²) in [5.74, 6) is 2.81. The van der Waals surface area contributed by atoms with E-state index >= 15 is 0 Å². The van der Waals surface area contributed by atoms with Gasteiger partial charge in [-0.1, -0.05) is 37.2 Å². The molecule has 1 aliphatic heterocycles. The number of carbonyl (C=O) groups is 1. The van der Waals surface area contributed by atoms with Gasteiger partial charge in [0.15, 0.2) is 11.5 Å². The molecule has 0 saturated heterocycles. The predicted octanol–water partition coefficient (Wildman–Crippen LogP) is 5.25. The summed E-state index contributed by atoms with van der Waals surface area (Å²) >= 11 is 1.54. The van der Waals surface area contributed by atoms with Crippen molar-refractivity contribution in [3.63, 3.8) is 0 Å². The van der Waals surface area contributed by atoms with Gasteiger partial charge in [0.2, 0.25) is 23.2 Å². The van der Waals surface area contributed by atoms with Crippen LogP contribution < -0.4 is 9.64 Å². The third-order valence-corrected chi connectivity index (χ3v) is 6.19. The van der Waals surface area contributed by atoms with Crippen molar-refractivity contribution in [3.8, 4) is 17.1 Å². The molecular weight excluding hydrogens is 412 g/mol. The molecule has 3 heterocycles. The fraction of sp³-hybridized carbons (Fsp3) is 0.391. The molecule has 0 bridgehead atoms. The van der Waals surface area contributed by atoms with Gasteiger partial charge >= 0.3 is 0 Å². The van der Waals surface area contributed by atoms with Crippen LogP contribution in [0.15, 0.2) is 33.8 Å². The van der Waals surface area contributed by atoms with E-state index in [9.17, 15) is 4.79 Å². The number of nitrogens with zero attached hydrogens (tertiary/aromatic N) is 4. The van der Waals surface area contributed by atoms with Gasteiger partial charge in [0.1, 0.15) is 5.76 Å². The molecule has 1 aliphatic rings. The monoisotopic (exact) mass is 438 g/mol. The van der Waals surface area contributed by atoms with E-state index in [0.717, 1.165) is 33.9 Å². The molecule has 1 atom stereocenters. The average molecular weight is 439 g/mol. The Morgan fingerprint density at radius 3 is 2.61 bits per heavy atom. The first kappa shape index (κ1) is 21.4. The first-order valence-corrected chi connectivity index (χ1v) is 11.2. The Morgan fingerprint density at radius 2 is 1.97 bits per heavy atom. The summed E-state index contributed by atoms with van der Waals surface area (Å²) in [6, 6.07) is 7.71. The maximum atomic E-state index is 12.9. The van der Waals surface area contributed by atoms with Gasteiger partial charge in [-0.2, -0.15) is 4.98 Å². The average Bonchev–Trinajstić information content (AvgIpc) is 3.06. The molecule has 162 valence electrons. The van der Waals surface area contributed by atoms with E-state index in [1.165, 1.54) is 18.7 Å². The minimum Gasteiger partial charge on any atom is -0.460 e. The number of fused-ring (bicyclic) bond motifs is 3. The van der Waals surface area contributed by atoms with Gasteiger partial charge in [-0.25, -0.2) is 0 Å². The van der Waals surface area contributed by atoms with Gasteiger partial charge < -0.3 is 9.15 Å². The van der Waals surface area contributed by atoms with Gasteiger partial charge in [-0.15, -0.1) is 10.2 Å². The Morgan fingerprint density at radius 1 is 1.19 bits per heavy atom. The predicted molar refractivity (Wildman–Crippen MR) is 120 cm³/mol. The van der Waals surface area contributed by atoms with Gasteiger partial charge in [0.25, 0.3) is 0 Å². The zero-order valence-corrected chi connectivity index (χ0v) is 19.4. The van der Waals surface area contributed by atoms with Gasteiger partial charge in [0.05, 0.1) is 5.69 Å². The highest BCUT2D eigenvalue weighted by Gasteiger charge is 2.37. The van der Waals surface area contributed by atoms with Crippen LogP contribution in [0.1, 0.15) is 49.6 Å². The third-order valence-electron chi connectivity index (χ3n) is 4.92. The Labute approximate surface area is 186 Å². The van der Waals surface area contributed by atoms with E-state index in [1.54, 1.807) is 4.90 Å². The van der Waals surface area contributed by atoms with Crippen LogP contribution in [0.4, 0.5) is 5.69 Å². The molecule has 0 aliphatic carbocycles. The SMILES string of the molecule is CC(=O)N1c2c(C)cc(C)cc2-c2nnc(SCC(C)C)nc2O[C@H]1c1ccc(C)o1. The number of amides is 1. The first-order chi connectivity index (χ1) is 14.7. The number of rotatable bonds is 4. The standard InChI is InChI=1S/C23H26N4O3S/c1-12(2)11-31-23-24-21-19(25-26-23)17-10-13(3)9-14(4)20(17)27(16(6)28)22(30-21)18-8-7-15(5)29-18/h7-10,12,22H,11H2,1-6H3/t22-/m0/s1. The van der Waals surface area contributed by atoms with Crippen LogP contribution in [-0.4, -0.2) is 26.8 Å². The number of anilines is 1. The second-order valence-electron chi connectivity index (χ2n) is 8.24. The molecule has 0 fully saturated rings. The number of benzene rings is 1. The lowest BCUT2D eigenvalue weighted by atomic mass is 10.0. The molecule has 0 spiro atoms. The molecule has 8 heteroatoms. The summed E-state index contributed by atoms with van der Waals surface area (Å²) < 4.78 is 12.2. The summed E-state index contributed by atoms with van der Waals surface area (Å²) in [7, 11) is 0. The van der Waals surface area contributed by atoms with Crippen LogP contribution in [-0.2, 0) is 4.79 Å². The van der Waals surface area contributed by atoms with Crippen molar-refractivity contribution >= 4 is 23.4 Å². The minimum atomic E-state index is -0.799. The molecule has 2 aromatic heterocycles. The second-order valence-corrected chi connectivity index (χ2v) is 9.23. The molecular formula is C23H26N4O3S. The number of aromatic nitrogens is 3. The van der Waals surface area contributed by atoms with Crippen molar-refractivity contribution in [2.24, 2.45) is 5.92 Å². The molecule has 4 rings (SSSR count). The molecule has 7 nitrogen and oxygen atoms in total. The van der Waals surface area contributed by atoms with Crippen molar-refractivity contribution in [3.05, 3.63) is 46.9 Å². The Balaban J connectivity index is 1.94. The fourth-order valence-corrected chi connectivity index (χ4v) is 4.41. The molecule has 1 amide bonds. The summed E-state index contributed by atoms with van der Waals surface area (Å²) in [5.41, 5.74) is 4.02. The molecule has 0 saturated carbocycles. The van der Waals surface area contributed by atoms with Crippen LogP contribution >= 0.6 is 11.8 Å². The quantitative estimate of drug-likeness (QED) is 0.515. The summed E-state index contributed by atoms with van der Waals surface area (Å²) in [6.45, 7) is 11.7. The third kappa shape index (κ3) is 4.17. The largest absolute Gasteiger partial charge is 0.460 e. The van der Waals surface area contributed by atoms with Crippen molar-refractivity contribution in [1.29, 1.82) is 0 Å². The lowest BCUT2D eigenvalue weighted by Gasteiger charge is -2.29.